The van der Waals surface area contributed by atoms with Crippen molar-refractivity contribution >= 4 is 17.0 Å². The van der Waals surface area contributed by atoms with E-state index in [1.807, 2.05) is 12.3 Å². The molecule has 3 aromatic rings. The molecule has 21 heavy (non-hydrogen) atoms. The summed E-state index contributed by atoms with van der Waals surface area (Å²) in [5, 5.41) is 4.60. The second kappa shape index (κ2) is 4.89. The van der Waals surface area contributed by atoms with Gasteiger partial charge in [-0.3, -0.25) is 0 Å². The number of nitrogen functional groups attached to an aromatic ring is 1. The van der Waals surface area contributed by atoms with Gasteiger partial charge in [0.2, 0.25) is 5.95 Å². The first-order chi connectivity index (χ1) is 10.3. The summed E-state index contributed by atoms with van der Waals surface area (Å²) in [6.45, 7) is 3.23. The maximum atomic E-state index is 5.71. The molecule has 1 aliphatic heterocycles. The highest BCUT2D eigenvalue weighted by molar-refractivity contribution is 5.93. The molecule has 0 saturated carbocycles. The Balaban J connectivity index is 1.77. The van der Waals surface area contributed by atoms with Crippen LogP contribution >= 0.6 is 0 Å². The van der Waals surface area contributed by atoms with Crippen molar-refractivity contribution in [1.82, 2.24) is 24.8 Å². The lowest BCUT2D eigenvalue weighted by Crippen LogP contribution is -2.14. The summed E-state index contributed by atoms with van der Waals surface area (Å²) in [6.07, 6.45) is 7.08. The second-order valence-electron chi connectivity index (χ2n) is 5.59. The van der Waals surface area contributed by atoms with Crippen molar-refractivity contribution in [3.8, 4) is 11.3 Å². The lowest BCUT2D eigenvalue weighted by Gasteiger charge is -2.09. The number of hydrogen-bond acceptors (Lipinski definition) is 4. The number of aromatic nitrogens is 4. The molecule has 6 heteroatoms. The van der Waals surface area contributed by atoms with E-state index in [1.165, 1.54) is 11.8 Å². The fourth-order valence-electron chi connectivity index (χ4n) is 3.13. The minimum absolute atomic E-state index is 0.309. The molecule has 0 spiro atoms. The fourth-order valence-corrected chi connectivity index (χ4v) is 3.13. The van der Waals surface area contributed by atoms with Gasteiger partial charge in [0, 0.05) is 36.1 Å². The number of rotatable bonds is 3. The Bertz CT molecular complexity index is 765. The lowest BCUT2D eigenvalue weighted by atomic mass is 10.1. The van der Waals surface area contributed by atoms with Crippen LogP contribution in [0.5, 0.6) is 0 Å². The van der Waals surface area contributed by atoms with E-state index in [9.17, 15) is 0 Å². The quantitative estimate of drug-likeness (QED) is 0.681. The van der Waals surface area contributed by atoms with Crippen LogP contribution in [0.15, 0.2) is 30.7 Å². The molecule has 4 heterocycles. The van der Waals surface area contributed by atoms with Crippen molar-refractivity contribution in [3.63, 3.8) is 0 Å². The Hall–Kier alpha value is -2.34. The van der Waals surface area contributed by atoms with Crippen molar-refractivity contribution in [2.24, 2.45) is 5.92 Å². The molecule has 3 aromatic heterocycles. The summed E-state index contributed by atoms with van der Waals surface area (Å²) >= 11 is 0. The van der Waals surface area contributed by atoms with Crippen molar-refractivity contribution in [3.05, 3.63) is 30.7 Å². The third-order valence-corrected chi connectivity index (χ3v) is 4.15. The molecule has 0 aromatic carbocycles. The molecule has 1 fully saturated rings. The van der Waals surface area contributed by atoms with Crippen LogP contribution in [0.1, 0.15) is 6.42 Å². The highest BCUT2D eigenvalue weighted by atomic mass is 15.1. The number of nitrogens with one attached hydrogen (secondary N) is 2. The summed E-state index contributed by atoms with van der Waals surface area (Å²) < 4.78 is 2.29. The van der Waals surface area contributed by atoms with Crippen LogP contribution in [0.25, 0.3) is 22.3 Å². The highest BCUT2D eigenvalue weighted by Crippen LogP contribution is 2.30. The molecular formula is C15H18N6. The zero-order chi connectivity index (χ0) is 14.2. The highest BCUT2D eigenvalue weighted by Gasteiger charge is 2.18. The van der Waals surface area contributed by atoms with Crippen molar-refractivity contribution < 1.29 is 0 Å². The van der Waals surface area contributed by atoms with Gasteiger partial charge in [-0.05, 0) is 37.6 Å². The number of H-pyrrole nitrogens is 1. The Morgan fingerprint density at radius 2 is 2.33 bits per heavy atom. The molecule has 4 N–H and O–H groups in total. The van der Waals surface area contributed by atoms with Gasteiger partial charge in [-0.2, -0.15) is 0 Å². The zero-order valence-corrected chi connectivity index (χ0v) is 11.7. The Morgan fingerprint density at radius 3 is 3.14 bits per heavy atom. The number of hydrogen-bond donors (Lipinski definition) is 3. The van der Waals surface area contributed by atoms with Crippen molar-refractivity contribution in [2.45, 2.75) is 13.0 Å². The van der Waals surface area contributed by atoms with E-state index in [1.54, 1.807) is 6.20 Å². The van der Waals surface area contributed by atoms with E-state index >= 15 is 0 Å². The van der Waals surface area contributed by atoms with E-state index < -0.39 is 0 Å². The molecular weight excluding hydrogens is 264 g/mol. The van der Waals surface area contributed by atoms with Crippen LogP contribution in [-0.4, -0.2) is 32.6 Å². The molecule has 0 radical (unpaired) electrons. The van der Waals surface area contributed by atoms with Gasteiger partial charge in [-0.25, -0.2) is 9.97 Å². The van der Waals surface area contributed by atoms with Crippen molar-refractivity contribution in [1.29, 1.82) is 0 Å². The van der Waals surface area contributed by atoms with Crippen LogP contribution in [0, 0.1) is 5.92 Å². The third-order valence-electron chi connectivity index (χ3n) is 4.15. The normalized spacial score (nSPS) is 18.6. The van der Waals surface area contributed by atoms with E-state index in [2.05, 4.69) is 37.1 Å². The standard InChI is InChI=1S/C15H18N6/c16-15-19-6-3-13(20-15)12-9-21(8-10-1-4-17-7-10)14-11(12)2-5-18-14/h2-3,5-6,9-10,17-18H,1,4,7-8H2,(H2,16,19,20). The van der Waals surface area contributed by atoms with E-state index in [4.69, 9.17) is 5.73 Å². The maximum Gasteiger partial charge on any atom is 0.220 e. The minimum atomic E-state index is 0.309. The third kappa shape index (κ3) is 2.17. The average Bonchev–Trinajstić information content (AvgIpc) is 3.18. The second-order valence-corrected chi connectivity index (χ2v) is 5.59. The van der Waals surface area contributed by atoms with Crippen LogP contribution in [-0.2, 0) is 6.54 Å². The smallest absolute Gasteiger partial charge is 0.220 e. The van der Waals surface area contributed by atoms with Gasteiger partial charge in [0.1, 0.15) is 5.65 Å². The number of fused-ring (bicyclic) bond motifs is 1. The summed E-state index contributed by atoms with van der Waals surface area (Å²) in [7, 11) is 0. The van der Waals surface area contributed by atoms with Gasteiger partial charge in [0.05, 0.1) is 5.69 Å². The van der Waals surface area contributed by atoms with Crippen molar-refractivity contribution in [2.75, 3.05) is 18.8 Å². The number of nitrogens with two attached hydrogens (primary N) is 1. The van der Waals surface area contributed by atoms with E-state index in [0.717, 1.165) is 36.5 Å². The lowest BCUT2D eigenvalue weighted by molar-refractivity contribution is 0.490. The Morgan fingerprint density at radius 1 is 1.38 bits per heavy atom. The summed E-state index contributed by atoms with van der Waals surface area (Å²) in [5.74, 6) is 0.996. The number of anilines is 1. The molecule has 1 unspecified atom stereocenters. The van der Waals surface area contributed by atoms with Crippen LogP contribution < -0.4 is 11.1 Å². The molecule has 1 atom stereocenters. The molecule has 0 bridgehead atoms. The van der Waals surface area contributed by atoms with Crippen LogP contribution in [0.2, 0.25) is 0 Å². The first-order valence-electron chi connectivity index (χ1n) is 7.27. The van der Waals surface area contributed by atoms with Gasteiger partial charge >= 0.3 is 0 Å². The summed E-state index contributed by atoms with van der Waals surface area (Å²) in [6, 6.07) is 3.99. The van der Waals surface area contributed by atoms with E-state index in [-0.39, 0.29) is 0 Å². The zero-order valence-electron chi connectivity index (χ0n) is 11.7. The summed E-state index contributed by atoms with van der Waals surface area (Å²) in [5.41, 5.74) is 8.83. The Labute approximate surface area is 122 Å². The van der Waals surface area contributed by atoms with Crippen LogP contribution in [0.3, 0.4) is 0 Å². The first-order valence-corrected chi connectivity index (χ1v) is 7.27. The maximum absolute atomic E-state index is 5.71. The predicted octanol–water partition coefficient (Wildman–Crippen LogP) is 1.62. The molecule has 4 rings (SSSR count). The number of nitrogens with zero attached hydrogens (tertiary/aromatic N) is 3. The Kier molecular flexibility index (Phi) is 2.89. The van der Waals surface area contributed by atoms with Gasteiger partial charge in [0.15, 0.2) is 0 Å². The monoisotopic (exact) mass is 282 g/mol. The first kappa shape index (κ1) is 12.4. The van der Waals surface area contributed by atoms with Gasteiger partial charge in [-0.1, -0.05) is 0 Å². The van der Waals surface area contributed by atoms with Gasteiger partial charge in [-0.15, -0.1) is 0 Å². The van der Waals surface area contributed by atoms with Crippen LogP contribution in [0.4, 0.5) is 5.95 Å². The average molecular weight is 282 g/mol. The summed E-state index contributed by atoms with van der Waals surface area (Å²) in [4.78, 5) is 11.6. The topological polar surface area (TPSA) is 84.5 Å². The molecule has 1 aliphatic rings. The van der Waals surface area contributed by atoms with E-state index in [0.29, 0.717) is 11.9 Å². The number of aromatic amines is 1. The molecule has 6 nitrogen and oxygen atoms in total. The van der Waals surface area contributed by atoms with Gasteiger partial charge in [0.25, 0.3) is 0 Å². The molecule has 1 saturated heterocycles. The molecule has 108 valence electrons. The minimum Gasteiger partial charge on any atom is -0.368 e. The molecule has 0 amide bonds. The fraction of sp³-hybridized carbons (Fsp3) is 0.333. The molecule has 0 aliphatic carbocycles. The van der Waals surface area contributed by atoms with Gasteiger partial charge < -0.3 is 20.6 Å². The predicted molar refractivity (Wildman–Crippen MR) is 82.7 cm³/mol. The largest absolute Gasteiger partial charge is 0.368 e. The SMILES string of the molecule is Nc1nccc(-c2cn(CC3CCNC3)c3[nH]ccc23)n1.